The van der Waals surface area contributed by atoms with Crippen molar-refractivity contribution in [2.75, 3.05) is 6.54 Å². The molecule has 1 aliphatic carbocycles. The summed E-state index contributed by atoms with van der Waals surface area (Å²) >= 11 is 0. The molecular weight excluding hydrogens is 314 g/mol. The van der Waals surface area contributed by atoms with Gasteiger partial charge in [-0.1, -0.05) is 27.7 Å². The molecule has 1 aromatic rings. The van der Waals surface area contributed by atoms with Gasteiger partial charge in [-0.2, -0.15) is 5.10 Å². The average molecular weight is 343 g/mol. The van der Waals surface area contributed by atoms with Gasteiger partial charge in [-0.25, -0.2) is 0 Å². The second-order valence-electron chi connectivity index (χ2n) is 5.74. The predicted octanol–water partition coefficient (Wildman–Crippen LogP) is 3.24. The van der Waals surface area contributed by atoms with Crippen LogP contribution in [0.5, 0.6) is 0 Å². The molecule has 0 aromatic carbocycles. The highest BCUT2D eigenvalue weighted by Crippen LogP contribution is 2.51. The number of hydrogen-bond donors (Lipinski definition) is 2. The summed E-state index contributed by atoms with van der Waals surface area (Å²) in [6, 6.07) is 0.367. The van der Waals surface area contributed by atoms with Gasteiger partial charge in [0, 0.05) is 30.4 Å². The van der Waals surface area contributed by atoms with Crippen LogP contribution in [0.15, 0.2) is 28.6 Å². The number of aliphatic imine (C=N–C) groups is 2. The van der Waals surface area contributed by atoms with Crippen LogP contribution < -0.4 is 5.32 Å². The van der Waals surface area contributed by atoms with E-state index < -0.39 is 0 Å². The molecule has 0 spiro atoms. The number of fused-ring (bicyclic) bond motifs is 3. The van der Waals surface area contributed by atoms with Crippen LogP contribution in [-0.2, 0) is 4.79 Å². The lowest BCUT2D eigenvalue weighted by Crippen LogP contribution is -2.34. The normalized spacial score (nSPS) is 24.8. The number of nitrogens with one attached hydrogen (secondary N) is 2. The minimum atomic E-state index is 0.0218. The Morgan fingerprint density at radius 3 is 2.72 bits per heavy atom. The summed E-state index contributed by atoms with van der Waals surface area (Å²) in [6.45, 7) is 10.6. The summed E-state index contributed by atoms with van der Waals surface area (Å²) in [4.78, 5) is 21.1. The smallest absolute Gasteiger partial charge is 0.226 e. The second kappa shape index (κ2) is 8.74. The molecule has 25 heavy (non-hydrogen) atoms. The lowest BCUT2D eigenvalue weighted by Gasteiger charge is -2.21. The van der Waals surface area contributed by atoms with Crippen LogP contribution in [-0.4, -0.2) is 40.1 Å². The number of amides is 1. The van der Waals surface area contributed by atoms with Crippen molar-refractivity contribution in [1.29, 1.82) is 0 Å². The number of aromatic amines is 1. The third-order valence-corrected chi connectivity index (χ3v) is 4.36. The van der Waals surface area contributed by atoms with E-state index in [1.807, 2.05) is 53.2 Å². The van der Waals surface area contributed by atoms with Crippen molar-refractivity contribution in [1.82, 2.24) is 15.5 Å². The van der Waals surface area contributed by atoms with E-state index in [1.54, 1.807) is 0 Å². The summed E-state index contributed by atoms with van der Waals surface area (Å²) in [7, 11) is 0. The molecule has 2 aliphatic heterocycles. The molecule has 3 atom stereocenters. The van der Waals surface area contributed by atoms with Crippen molar-refractivity contribution < 1.29 is 4.79 Å². The summed E-state index contributed by atoms with van der Waals surface area (Å²) in [5, 5.41) is 9.71. The van der Waals surface area contributed by atoms with Gasteiger partial charge < -0.3 is 5.32 Å². The standard InChI is InChI=1S/C15H17N5O.2C2H6/c1-2-16-13(21)4-12-15-14(9-3-11(9)20-12)10(7-17-15)8-5-18-19-6-8;2*1-2/h5-7,9,11,14H,2-4H2,1H3,(H,16,21)(H,18,19);2*1-2H3. The largest absolute Gasteiger partial charge is 0.356 e. The van der Waals surface area contributed by atoms with Crippen molar-refractivity contribution in [3.63, 3.8) is 0 Å². The van der Waals surface area contributed by atoms with Gasteiger partial charge >= 0.3 is 0 Å². The first-order valence-corrected chi connectivity index (χ1v) is 9.38. The SMILES string of the molecule is CC.CC.CCNC(=O)CC1=NC2CC2C2C(c3cn[nH]c3)=CN=C12. The summed E-state index contributed by atoms with van der Waals surface area (Å²) in [5.74, 6) is 0.855. The first kappa shape index (κ1) is 19.1. The number of rotatable bonds is 4. The molecule has 136 valence electrons. The molecule has 1 fully saturated rings. The zero-order valence-electron chi connectivity index (χ0n) is 15.8. The molecule has 1 amide bonds. The van der Waals surface area contributed by atoms with Crippen molar-refractivity contribution in [2.45, 2.75) is 53.5 Å². The fourth-order valence-corrected chi connectivity index (χ4v) is 3.32. The van der Waals surface area contributed by atoms with E-state index in [4.69, 9.17) is 4.99 Å². The number of H-pyrrole nitrogens is 1. The Hall–Kier alpha value is -2.24. The molecule has 1 saturated carbocycles. The highest BCUT2D eigenvalue weighted by molar-refractivity contribution is 6.48. The molecular formula is C19H29N5O. The fraction of sp³-hybridized carbons (Fsp3) is 0.579. The summed E-state index contributed by atoms with van der Waals surface area (Å²) in [6.07, 6.45) is 7.07. The van der Waals surface area contributed by atoms with Gasteiger partial charge in [-0.3, -0.25) is 19.9 Å². The second-order valence-corrected chi connectivity index (χ2v) is 5.74. The van der Waals surface area contributed by atoms with Gasteiger partial charge in [0.15, 0.2) is 0 Å². The van der Waals surface area contributed by atoms with Gasteiger partial charge in [0.1, 0.15) is 0 Å². The van der Waals surface area contributed by atoms with E-state index in [1.165, 1.54) is 5.57 Å². The number of nitrogens with zero attached hydrogens (tertiary/aromatic N) is 3. The third kappa shape index (κ3) is 3.89. The number of aromatic nitrogens is 2. The number of carbonyl (C=O) groups is 1. The molecule has 4 rings (SSSR count). The van der Waals surface area contributed by atoms with E-state index in [0.717, 1.165) is 23.4 Å². The molecule has 6 heteroatoms. The first-order chi connectivity index (χ1) is 12.3. The number of carbonyl (C=O) groups excluding carboxylic acids is 1. The van der Waals surface area contributed by atoms with E-state index in [2.05, 4.69) is 20.5 Å². The van der Waals surface area contributed by atoms with E-state index >= 15 is 0 Å². The average Bonchev–Trinajstić information content (AvgIpc) is 3.05. The van der Waals surface area contributed by atoms with Crippen molar-refractivity contribution in [2.24, 2.45) is 21.8 Å². The molecule has 2 N–H and O–H groups in total. The Kier molecular flexibility index (Phi) is 6.67. The van der Waals surface area contributed by atoms with Gasteiger partial charge in [-0.05, 0) is 24.8 Å². The van der Waals surface area contributed by atoms with Crippen LogP contribution in [0.2, 0.25) is 0 Å². The maximum absolute atomic E-state index is 11.9. The molecule has 3 aliphatic rings. The summed E-state index contributed by atoms with van der Waals surface area (Å²) < 4.78 is 0. The Balaban J connectivity index is 0.000000528. The molecule has 0 radical (unpaired) electrons. The molecule has 0 bridgehead atoms. The van der Waals surface area contributed by atoms with Crippen molar-refractivity contribution >= 4 is 22.9 Å². The molecule has 6 nitrogen and oxygen atoms in total. The fourth-order valence-electron chi connectivity index (χ4n) is 3.32. The minimum absolute atomic E-state index is 0.0218. The topological polar surface area (TPSA) is 82.5 Å². The third-order valence-electron chi connectivity index (χ3n) is 4.36. The number of hydrogen-bond acceptors (Lipinski definition) is 4. The van der Waals surface area contributed by atoms with E-state index in [-0.39, 0.29) is 11.8 Å². The van der Waals surface area contributed by atoms with Crippen LogP contribution in [0.25, 0.3) is 5.57 Å². The van der Waals surface area contributed by atoms with Crippen LogP contribution in [0.3, 0.4) is 0 Å². The zero-order valence-corrected chi connectivity index (χ0v) is 15.8. The highest BCUT2D eigenvalue weighted by Gasteiger charge is 2.52. The first-order valence-electron chi connectivity index (χ1n) is 9.38. The Morgan fingerprint density at radius 2 is 2.08 bits per heavy atom. The van der Waals surface area contributed by atoms with Crippen LogP contribution in [0.1, 0.15) is 53.0 Å². The minimum Gasteiger partial charge on any atom is -0.356 e. The lowest BCUT2D eigenvalue weighted by molar-refractivity contribution is -0.119. The molecule has 1 aromatic heterocycles. The maximum Gasteiger partial charge on any atom is 0.226 e. The van der Waals surface area contributed by atoms with Gasteiger partial charge in [0.05, 0.1) is 30.1 Å². The lowest BCUT2D eigenvalue weighted by atomic mass is 9.84. The zero-order chi connectivity index (χ0) is 18.4. The summed E-state index contributed by atoms with van der Waals surface area (Å²) in [5.41, 5.74) is 4.13. The maximum atomic E-state index is 11.9. The predicted molar refractivity (Wildman–Crippen MR) is 103 cm³/mol. The molecule has 3 unspecified atom stereocenters. The van der Waals surface area contributed by atoms with Gasteiger partial charge in [0.25, 0.3) is 0 Å². The van der Waals surface area contributed by atoms with Crippen molar-refractivity contribution in [3.05, 3.63) is 24.2 Å². The molecule has 0 saturated heterocycles. The van der Waals surface area contributed by atoms with Gasteiger partial charge in [0.2, 0.25) is 5.91 Å². The van der Waals surface area contributed by atoms with E-state index in [9.17, 15) is 4.79 Å². The quantitative estimate of drug-likeness (QED) is 0.880. The monoisotopic (exact) mass is 343 g/mol. The Morgan fingerprint density at radius 1 is 1.32 bits per heavy atom. The van der Waals surface area contributed by atoms with Crippen molar-refractivity contribution in [3.8, 4) is 0 Å². The van der Waals surface area contributed by atoms with Crippen LogP contribution in [0, 0.1) is 11.8 Å². The molecule has 3 heterocycles. The van der Waals surface area contributed by atoms with Gasteiger partial charge in [-0.15, -0.1) is 0 Å². The van der Waals surface area contributed by atoms with Crippen LogP contribution >= 0.6 is 0 Å². The Bertz CT molecular complexity index is 672. The highest BCUT2D eigenvalue weighted by atomic mass is 16.1. The van der Waals surface area contributed by atoms with E-state index in [0.29, 0.717) is 24.9 Å². The van der Waals surface area contributed by atoms with Crippen LogP contribution in [0.4, 0.5) is 0 Å². The Labute approximate surface area is 149 Å². The number of allylic oxidation sites excluding steroid dienone is 1.